The Morgan fingerprint density at radius 1 is 1.36 bits per heavy atom. The molecule has 0 aromatic heterocycles. The van der Waals surface area contributed by atoms with Gasteiger partial charge in [-0.2, -0.15) is 11.8 Å². The Bertz CT molecular complexity index is 437. The summed E-state index contributed by atoms with van der Waals surface area (Å²) < 4.78 is 10.9. The lowest BCUT2D eigenvalue weighted by molar-refractivity contribution is -0.0105. The Labute approximate surface area is 156 Å². The fraction of sp³-hybridized carbons (Fsp3) is 0.944. The van der Waals surface area contributed by atoms with Crippen LogP contribution >= 0.6 is 11.8 Å². The SMILES string of the molecule is CCNC(=NCC1(N2CCOCC2)CCSC1)N1CCC(COC)C1. The molecule has 3 aliphatic rings. The number of aliphatic imine (C=N–C) groups is 1. The number of ether oxygens (including phenoxy) is 2. The zero-order chi connectivity index (χ0) is 17.5. The van der Waals surface area contributed by atoms with Crippen LogP contribution in [0.2, 0.25) is 0 Å². The van der Waals surface area contributed by atoms with Crippen molar-refractivity contribution in [1.29, 1.82) is 0 Å². The zero-order valence-electron chi connectivity index (χ0n) is 15.8. The third-order valence-corrected chi connectivity index (χ3v) is 6.84. The standard InChI is InChI=1S/C18H34N4O2S/c1-3-19-17(21-6-4-16(12-21)13-23-2)20-14-18(5-11-25-15-18)22-7-9-24-10-8-22/h16H,3-15H2,1-2H3,(H,19,20). The number of guanidine groups is 1. The van der Waals surface area contributed by atoms with Crippen LogP contribution in [0, 0.1) is 5.92 Å². The highest BCUT2D eigenvalue weighted by Crippen LogP contribution is 2.34. The normalized spacial score (nSPS) is 31.7. The maximum atomic E-state index is 5.57. The Morgan fingerprint density at radius 2 is 2.20 bits per heavy atom. The minimum Gasteiger partial charge on any atom is -0.384 e. The van der Waals surface area contributed by atoms with Gasteiger partial charge in [0.15, 0.2) is 5.96 Å². The molecule has 3 aliphatic heterocycles. The van der Waals surface area contributed by atoms with Gasteiger partial charge >= 0.3 is 0 Å². The first-order valence-electron chi connectivity index (χ1n) is 9.70. The van der Waals surface area contributed by atoms with Crippen LogP contribution in [0.25, 0.3) is 0 Å². The van der Waals surface area contributed by atoms with E-state index in [0.29, 0.717) is 5.92 Å². The number of thioether (sulfide) groups is 1. The molecule has 3 fully saturated rings. The average Bonchev–Trinajstić information content (AvgIpc) is 3.30. The van der Waals surface area contributed by atoms with Crippen LogP contribution in [0.5, 0.6) is 0 Å². The second kappa shape index (κ2) is 9.44. The minimum absolute atomic E-state index is 0.223. The van der Waals surface area contributed by atoms with Gasteiger partial charge in [-0.05, 0) is 25.5 Å². The number of nitrogens with zero attached hydrogens (tertiary/aromatic N) is 3. The Morgan fingerprint density at radius 3 is 2.88 bits per heavy atom. The van der Waals surface area contributed by atoms with Gasteiger partial charge < -0.3 is 19.7 Å². The first kappa shape index (κ1) is 19.3. The van der Waals surface area contributed by atoms with E-state index in [1.807, 2.05) is 0 Å². The molecule has 1 N–H and O–H groups in total. The number of nitrogens with one attached hydrogen (secondary N) is 1. The number of hydrogen-bond acceptors (Lipinski definition) is 5. The largest absolute Gasteiger partial charge is 0.384 e. The lowest BCUT2D eigenvalue weighted by Gasteiger charge is -2.42. The predicted octanol–water partition coefficient (Wildman–Crippen LogP) is 1.13. The number of methoxy groups -OCH3 is 1. The Hall–Kier alpha value is -0.500. The number of likely N-dealkylation sites (tertiary alicyclic amines) is 1. The van der Waals surface area contributed by atoms with E-state index in [4.69, 9.17) is 14.5 Å². The lowest BCUT2D eigenvalue weighted by atomic mass is 9.96. The topological polar surface area (TPSA) is 49.3 Å². The van der Waals surface area contributed by atoms with E-state index in [-0.39, 0.29) is 5.54 Å². The van der Waals surface area contributed by atoms with Crippen molar-refractivity contribution in [1.82, 2.24) is 15.1 Å². The van der Waals surface area contributed by atoms with Crippen molar-refractivity contribution < 1.29 is 9.47 Å². The highest BCUT2D eigenvalue weighted by Gasteiger charge is 2.41. The molecule has 3 rings (SSSR count). The summed E-state index contributed by atoms with van der Waals surface area (Å²) in [6, 6.07) is 0. The van der Waals surface area contributed by atoms with E-state index < -0.39 is 0 Å². The maximum Gasteiger partial charge on any atom is 0.193 e. The number of hydrogen-bond donors (Lipinski definition) is 1. The highest BCUT2D eigenvalue weighted by molar-refractivity contribution is 7.99. The molecule has 6 nitrogen and oxygen atoms in total. The molecular formula is C18H34N4O2S. The molecule has 0 saturated carbocycles. The van der Waals surface area contributed by atoms with Gasteiger partial charge in [0.05, 0.1) is 31.9 Å². The van der Waals surface area contributed by atoms with E-state index in [1.165, 1.54) is 24.3 Å². The van der Waals surface area contributed by atoms with Crippen molar-refractivity contribution >= 4 is 17.7 Å². The molecule has 2 unspecified atom stereocenters. The van der Waals surface area contributed by atoms with Crippen molar-refractivity contribution in [2.24, 2.45) is 10.9 Å². The summed E-state index contributed by atoms with van der Waals surface area (Å²) in [5, 5.41) is 3.52. The molecule has 0 aromatic rings. The van der Waals surface area contributed by atoms with Crippen molar-refractivity contribution in [3.05, 3.63) is 0 Å². The van der Waals surface area contributed by atoms with Gasteiger partial charge in [0.1, 0.15) is 0 Å². The average molecular weight is 371 g/mol. The third kappa shape index (κ3) is 4.81. The van der Waals surface area contributed by atoms with Gasteiger partial charge in [-0.15, -0.1) is 0 Å². The van der Waals surface area contributed by atoms with E-state index >= 15 is 0 Å². The van der Waals surface area contributed by atoms with Gasteiger partial charge in [-0.1, -0.05) is 0 Å². The molecule has 2 atom stereocenters. The number of morpholine rings is 1. The van der Waals surface area contributed by atoms with Gasteiger partial charge in [0.25, 0.3) is 0 Å². The summed E-state index contributed by atoms with van der Waals surface area (Å²) in [5.74, 6) is 4.17. The molecular weight excluding hydrogens is 336 g/mol. The molecule has 144 valence electrons. The lowest BCUT2D eigenvalue weighted by Crippen LogP contribution is -2.56. The second-order valence-corrected chi connectivity index (χ2v) is 8.46. The molecule has 0 aliphatic carbocycles. The van der Waals surface area contributed by atoms with Crippen molar-refractivity contribution in [3.63, 3.8) is 0 Å². The molecule has 0 aromatic carbocycles. The van der Waals surface area contributed by atoms with Gasteiger partial charge in [0, 0.05) is 51.5 Å². The summed E-state index contributed by atoms with van der Waals surface area (Å²) >= 11 is 2.08. The fourth-order valence-corrected chi connectivity index (χ4v) is 5.62. The van der Waals surface area contributed by atoms with Crippen molar-refractivity contribution in [2.75, 3.05) is 77.7 Å². The predicted molar refractivity (Wildman–Crippen MR) is 105 cm³/mol. The van der Waals surface area contributed by atoms with E-state index in [1.54, 1.807) is 7.11 Å². The first-order valence-corrected chi connectivity index (χ1v) is 10.9. The quantitative estimate of drug-likeness (QED) is 0.559. The van der Waals surface area contributed by atoms with Crippen molar-refractivity contribution in [3.8, 4) is 0 Å². The van der Waals surface area contributed by atoms with Crippen LogP contribution in [0.15, 0.2) is 4.99 Å². The van der Waals surface area contributed by atoms with Crippen LogP contribution in [0.4, 0.5) is 0 Å². The second-order valence-electron chi connectivity index (χ2n) is 7.35. The zero-order valence-corrected chi connectivity index (χ0v) is 16.7. The fourth-order valence-electron chi connectivity index (χ4n) is 4.15. The molecule has 0 amide bonds. The number of rotatable bonds is 6. The van der Waals surface area contributed by atoms with E-state index in [2.05, 4.69) is 33.8 Å². The third-order valence-electron chi connectivity index (χ3n) is 5.61. The van der Waals surface area contributed by atoms with Gasteiger partial charge in [-0.25, -0.2) is 0 Å². The summed E-state index contributed by atoms with van der Waals surface area (Å²) in [6.07, 6.45) is 2.44. The summed E-state index contributed by atoms with van der Waals surface area (Å²) in [4.78, 5) is 10.2. The van der Waals surface area contributed by atoms with E-state index in [0.717, 1.165) is 65.0 Å². The van der Waals surface area contributed by atoms with Crippen LogP contribution in [-0.2, 0) is 9.47 Å². The summed E-state index contributed by atoms with van der Waals surface area (Å²) in [7, 11) is 1.80. The summed E-state index contributed by atoms with van der Waals surface area (Å²) in [6.45, 7) is 10.8. The molecule has 0 radical (unpaired) electrons. The van der Waals surface area contributed by atoms with Gasteiger partial charge in [0.2, 0.25) is 0 Å². The van der Waals surface area contributed by atoms with Crippen LogP contribution in [0.3, 0.4) is 0 Å². The van der Waals surface area contributed by atoms with Crippen LogP contribution < -0.4 is 5.32 Å². The van der Waals surface area contributed by atoms with E-state index in [9.17, 15) is 0 Å². The van der Waals surface area contributed by atoms with Crippen LogP contribution in [-0.4, -0.2) is 99.0 Å². The monoisotopic (exact) mass is 370 g/mol. The molecule has 25 heavy (non-hydrogen) atoms. The van der Waals surface area contributed by atoms with Gasteiger partial charge in [-0.3, -0.25) is 9.89 Å². The molecule has 3 heterocycles. The molecule has 0 bridgehead atoms. The smallest absolute Gasteiger partial charge is 0.193 e. The Balaban J connectivity index is 1.66. The highest BCUT2D eigenvalue weighted by atomic mass is 32.2. The van der Waals surface area contributed by atoms with Crippen LogP contribution in [0.1, 0.15) is 19.8 Å². The van der Waals surface area contributed by atoms with Crippen molar-refractivity contribution in [2.45, 2.75) is 25.3 Å². The maximum absolute atomic E-state index is 5.57. The first-order chi connectivity index (χ1) is 12.3. The summed E-state index contributed by atoms with van der Waals surface area (Å²) in [5.41, 5.74) is 0.223. The molecule has 0 spiro atoms. The minimum atomic E-state index is 0.223. The molecule has 7 heteroatoms. The Kier molecular flexibility index (Phi) is 7.28. The molecule has 3 saturated heterocycles.